The van der Waals surface area contributed by atoms with Crippen LogP contribution in [-0.2, 0) is 0 Å². The molecule has 0 N–H and O–H groups in total. The first kappa shape index (κ1) is 17.4. The molecule has 1 atom stereocenters. The SMILES string of the molecule is Fc1ccccc1[C@@H]1CC(c2ccc(Br)cc2)=NN1c1ccccc1Br. The molecule has 0 spiro atoms. The van der Waals surface area contributed by atoms with Crippen molar-refractivity contribution in [1.29, 1.82) is 0 Å². The van der Waals surface area contributed by atoms with E-state index in [2.05, 4.69) is 31.9 Å². The molecule has 26 heavy (non-hydrogen) atoms. The minimum absolute atomic E-state index is 0.187. The normalized spacial score (nSPS) is 16.7. The fourth-order valence-electron chi connectivity index (χ4n) is 3.17. The number of para-hydroxylation sites is 1. The van der Waals surface area contributed by atoms with Gasteiger partial charge in [0.15, 0.2) is 0 Å². The van der Waals surface area contributed by atoms with Crippen LogP contribution in [0.4, 0.5) is 10.1 Å². The Morgan fingerprint density at radius 3 is 2.31 bits per heavy atom. The third kappa shape index (κ3) is 3.33. The maximum Gasteiger partial charge on any atom is 0.128 e. The molecule has 2 nitrogen and oxygen atoms in total. The fraction of sp³-hybridized carbons (Fsp3) is 0.0952. The first-order valence-electron chi connectivity index (χ1n) is 8.25. The molecule has 130 valence electrons. The highest BCUT2D eigenvalue weighted by Gasteiger charge is 2.32. The zero-order valence-electron chi connectivity index (χ0n) is 13.7. The van der Waals surface area contributed by atoms with Crippen LogP contribution in [0.15, 0.2) is 86.8 Å². The summed E-state index contributed by atoms with van der Waals surface area (Å²) < 4.78 is 16.5. The molecule has 1 aliphatic heterocycles. The molecular formula is C21H15Br2FN2. The third-order valence-electron chi connectivity index (χ3n) is 4.45. The molecule has 0 radical (unpaired) electrons. The molecule has 0 saturated heterocycles. The molecule has 0 amide bonds. The summed E-state index contributed by atoms with van der Waals surface area (Å²) >= 11 is 7.06. The van der Waals surface area contributed by atoms with E-state index < -0.39 is 0 Å². The Labute approximate surface area is 168 Å². The summed E-state index contributed by atoms with van der Waals surface area (Å²) in [5.41, 5.74) is 3.57. The van der Waals surface area contributed by atoms with E-state index in [0.29, 0.717) is 12.0 Å². The Morgan fingerprint density at radius 2 is 1.58 bits per heavy atom. The number of hydrogen-bond donors (Lipinski definition) is 0. The second-order valence-corrected chi connectivity index (χ2v) is 7.86. The van der Waals surface area contributed by atoms with Gasteiger partial charge in [-0.1, -0.05) is 58.4 Å². The van der Waals surface area contributed by atoms with Gasteiger partial charge >= 0.3 is 0 Å². The first-order valence-corrected chi connectivity index (χ1v) is 9.83. The Bertz CT molecular complexity index is 970. The molecule has 3 aromatic rings. The topological polar surface area (TPSA) is 15.6 Å². The highest BCUT2D eigenvalue weighted by atomic mass is 79.9. The standard InChI is InChI=1S/C21H15Br2FN2/c22-15-11-9-14(10-12-15)19-13-21(16-5-1-3-7-18(16)24)26(25-19)20-8-4-2-6-17(20)23/h1-12,21H,13H2/t21-/m0/s1. The van der Waals surface area contributed by atoms with Crippen LogP contribution in [0.3, 0.4) is 0 Å². The number of hydrazone groups is 1. The van der Waals surface area contributed by atoms with E-state index in [1.165, 1.54) is 6.07 Å². The average molecular weight is 474 g/mol. The van der Waals surface area contributed by atoms with Gasteiger partial charge in [-0.25, -0.2) is 4.39 Å². The lowest BCUT2D eigenvalue weighted by atomic mass is 9.98. The van der Waals surface area contributed by atoms with Crippen LogP contribution in [0.25, 0.3) is 0 Å². The van der Waals surface area contributed by atoms with Crippen molar-refractivity contribution in [2.75, 3.05) is 5.01 Å². The quantitative estimate of drug-likeness (QED) is 0.412. The summed E-state index contributed by atoms with van der Waals surface area (Å²) in [6.07, 6.45) is 0.643. The number of hydrogen-bond acceptors (Lipinski definition) is 2. The number of anilines is 1. The molecule has 0 fully saturated rings. The van der Waals surface area contributed by atoms with E-state index in [0.717, 1.165) is 25.9 Å². The largest absolute Gasteiger partial charge is 0.256 e. The van der Waals surface area contributed by atoms with Crippen molar-refractivity contribution in [3.8, 4) is 0 Å². The van der Waals surface area contributed by atoms with E-state index in [4.69, 9.17) is 5.10 Å². The molecule has 0 unspecified atom stereocenters. The summed E-state index contributed by atoms with van der Waals surface area (Å²) in [6.45, 7) is 0. The lowest BCUT2D eigenvalue weighted by molar-refractivity contribution is 0.579. The molecular weight excluding hydrogens is 459 g/mol. The number of benzene rings is 3. The molecule has 0 saturated carbocycles. The predicted octanol–water partition coefficient (Wildman–Crippen LogP) is 6.71. The van der Waals surface area contributed by atoms with Gasteiger partial charge in [0.1, 0.15) is 5.82 Å². The molecule has 1 heterocycles. The second-order valence-electron chi connectivity index (χ2n) is 6.09. The van der Waals surface area contributed by atoms with Gasteiger partial charge in [-0.2, -0.15) is 5.10 Å². The van der Waals surface area contributed by atoms with Gasteiger partial charge in [0.2, 0.25) is 0 Å². The van der Waals surface area contributed by atoms with Crippen LogP contribution in [0.5, 0.6) is 0 Å². The second kappa shape index (κ2) is 7.33. The first-order chi connectivity index (χ1) is 12.6. The van der Waals surface area contributed by atoms with Crippen LogP contribution >= 0.6 is 31.9 Å². The van der Waals surface area contributed by atoms with Gasteiger partial charge in [-0.05, 0) is 51.8 Å². The molecule has 1 aliphatic rings. The Morgan fingerprint density at radius 1 is 0.885 bits per heavy atom. The van der Waals surface area contributed by atoms with Gasteiger partial charge in [0.25, 0.3) is 0 Å². The predicted molar refractivity (Wildman–Crippen MR) is 111 cm³/mol. The van der Waals surface area contributed by atoms with Crippen LogP contribution in [0, 0.1) is 5.82 Å². The molecule has 0 aromatic heterocycles. The van der Waals surface area contributed by atoms with Crippen molar-refractivity contribution in [2.24, 2.45) is 5.10 Å². The van der Waals surface area contributed by atoms with Crippen molar-refractivity contribution < 1.29 is 4.39 Å². The number of halogens is 3. The molecule has 0 bridgehead atoms. The fourth-order valence-corrected chi connectivity index (χ4v) is 3.91. The van der Waals surface area contributed by atoms with E-state index >= 15 is 0 Å². The summed E-state index contributed by atoms with van der Waals surface area (Å²) in [5.74, 6) is -0.207. The smallest absolute Gasteiger partial charge is 0.128 e. The van der Waals surface area contributed by atoms with Crippen molar-refractivity contribution in [1.82, 2.24) is 0 Å². The van der Waals surface area contributed by atoms with Crippen molar-refractivity contribution in [3.63, 3.8) is 0 Å². The van der Waals surface area contributed by atoms with Gasteiger partial charge in [0.05, 0.1) is 17.4 Å². The molecule has 4 rings (SSSR count). The molecule has 5 heteroatoms. The van der Waals surface area contributed by atoms with Crippen molar-refractivity contribution >= 4 is 43.3 Å². The summed E-state index contributed by atoms with van der Waals surface area (Å²) in [6, 6.07) is 22.7. The van der Waals surface area contributed by atoms with Crippen LogP contribution in [0.2, 0.25) is 0 Å². The highest BCUT2D eigenvalue weighted by Crippen LogP contribution is 2.40. The van der Waals surface area contributed by atoms with Crippen LogP contribution in [-0.4, -0.2) is 5.71 Å². The lowest BCUT2D eigenvalue weighted by Gasteiger charge is -2.25. The number of nitrogens with zero attached hydrogens (tertiary/aromatic N) is 2. The Kier molecular flexibility index (Phi) is 4.92. The van der Waals surface area contributed by atoms with Crippen LogP contribution < -0.4 is 5.01 Å². The maximum absolute atomic E-state index is 14.5. The maximum atomic E-state index is 14.5. The van der Waals surface area contributed by atoms with E-state index in [-0.39, 0.29) is 11.9 Å². The van der Waals surface area contributed by atoms with Gasteiger partial charge in [0, 0.05) is 20.9 Å². The number of rotatable bonds is 3. The lowest BCUT2D eigenvalue weighted by Crippen LogP contribution is -2.20. The Hall–Kier alpha value is -1.98. The summed E-state index contributed by atoms with van der Waals surface area (Å²) in [7, 11) is 0. The van der Waals surface area contributed by atoms with Crippen molar-refractivity contribution in [3.05, 3.63) is 98.7 Å². The molecule has 3 aromatic carbocycles. The zero-order chi connectivity index (χ0) is 18.1. The van der Waals surface area contributed by atoms with Crippen molar-refractivity contribution in [2.45, 2.75) is 12.5 Å². The van der Waals surface area contributed by atoms with E-state index in [1.54, 1.807) is 6.07 Å². The van der Waals surface area contributed by atoms with Gasteiger partial charge < -0.3 is 0 Å². The van der Waals surface area contributed by atoms with E-state index in [9.17, 15) is 4.39 Å². The third-order valence-corrected chi connectivity index (χ3v) is 5.65. The minimum Gasteiger partial charge on any atom is -0.256 e. The average Bonchev–Trinajstić information content (AvgIpc) is 3.08. The van der Waals surface area contributed by atoms with Gasteiger partial charge in [-0.3, -0.25) is 5.01 Å². The highest BCUT2D eigenvalue weighted by molar-refractivity contribution is 9.10. The minimum atomic E-state index is -0.207. The zero-order valence-corrected chi connectivity index (χ0v) is 16.9. The monoisotopic (exact) mass is 472 g/mol. The van der Waals surface area contributed by atoms with Gasteiger partial charge in [-0.15, -0.1) is 0 Å². The molecule has 0 aliphatic carbocycles. The summed E-state index contributed by atoms with van der Waals surface area (Å²) in [5, 5.41) is 6.77. The summed E-state index contributed by atoms with van der Waals surface area (Å²) in [4.78, 5) is 0. The Balaban J connectivity index is 1.80. The van der Waals surface area contributed by atoms with Crippen LogP contribution in [0.1, 0.15) is 23.6 Å². The van der Waals surface area contributed by atoms with E-state index in [1.807, 2.05) is 65.7 Å².